The zero-order valence-electron chi connectivity index (χ0n) is 9.01. The number of piperazine rings is 1. The van der Waals surface area contributed by atoms with E-state index in [1.54, 1.807) is 0 Å². The SMILES string of the molecule is B.B.C1CNCCN1.Cc1cccc(C)n1. The van der Waals surface area contributed by atoms with Crippen molar-refractivity contribution >= 4 is 16.8 Å². The van der Waals surface area contributed by atoms with Crippen molar-refractivity contribution in [2.45, 2.75) is 13.8 Å². The van der Waals surface area contributed by atoms with E-state index < -0.39 is 0 Å². The van der Waals surface area contributed by atoms with Gasteiger partial charge in [0.15, 0.2) is 0 Å². The highest BCUT2D eigenvalue weighted by atomic mass is 15.0. The van der Waals surface area contributed by atoms with Gasteiger partial charge in [-0.25, -0.2) is 0 Å². The van der Waals surface area contributed by atoms with E-state index in [9.17, 15) is 0 Å². The van der Waals surface area contributed by atoms with Gasteiger partial charge in [0, 0.05) is 37.6 Å². The summed E-state index contributed by atoms with van der Waals surface area (Å²) in [5.41, 5.74) is 2.18. The third-order valence-corrected chi connectivity index (χ3v) is 1.98. The van der Waals surface area contributed by atoms with Gasteiger partial charge in [-0.2, -0.15) is 0 Å². The first-order valence-corrected chi connectivity index (χ1v) is 5.11. The average molecular weight is 221 g/mol. The van der Waals surface area contributed by atoms with Crippen molar-refractivity contribution in [2.75, 3.05) is 26.2 Å². The summed E-state index contributed by atoms with van der Waals surface area (Å²) in [6, 6.07) is 6.00. The van der Waals surface area contributed by atoms with E-state index in [1.165, 1.54) is 0 Å². The topological polar surface area (TPSA) is 37.0 Å². The summed E-state index contributed by atoms with van der Waals surface area (Å²) >= 11 is 0. The quantitative estimate of drug-likeness (QED) is 0.524. The highest BCUT2D eigenvalue weighted by Crippen LogP contribution is 1.93. The number of hydrogen-bond donors (Lipinski definition) is 2. The van der Waals surface area contributed by atoms with E-state index in [4.69, 9.17) is 0 Å². The van der Waals surface area contributed by atoms with Crippen LogP contribution < -0.4 is 10.6 Å². The first-order valence-electron chi connectivity index (χ1n) is 5.11. The van der Waals surface area contributed by atoms with Gasteiger partial charge < -0.3 is 10.6 Å². The van der Waals surface area contributed by atoms with Crippen molar-refractivity contribution < 1.29 is 0 Å². The Hall–Kier alpha value is -0.800. The van der Waals surface area contributed by atoms with Gasteiger partial charge in [-0.05, 0) is 26.0 Å². The van der Waals surface area contributed by atoms with Crippen LogP contribution in [0.4, 0.5) is 0 Å². The van der Waals surface area contributed by atoms with Crippen molar-refractivity contribution in [1.29, 1.82) is 0 Å². The average Bonchev–Trinajstić information content (AvgIpc) is 2.21. The molecule has 2 N–H and O–H groups in total. The van der Waals surface area contributed by atoms with E-state index in [0.717, 1.165) is 37.6 Å². The van der Waals surface area contributed by atoms with Crippen LogP contribution in [0.25, 0.3) is 0 Å². The molecule has 2 rings (SSSR count). The molecule has 0 amide bonds. The van der Waals surface area contributed by atoms with Gasteiger partial charge in [0.1, 0.15) is 0 Å². The predicted octanol–water partition coefficient (Wildman–Crippen LogP) is -1.49. The van der Waals surface area contributed by atoms with E-state index >= 15 is 0 Å². The fourth-order valence-electron chi connectivity index (χ4n) is 1.28. The molecule has 0 saturated carbocycles. The zero-order valence-corrected chi connectivity index (χ0v) is 9.01. The molecule has 1 aliphatic rings. The third kappa shape index (κ3) is 8.50. The molecule has 3 nitrogen and oxygen atoms in total. The fraction of sp³-hybridized carbons (Fsp3) is 0.545. The van der Waals surface area contributed by atoms with Crippen LogP contribution in [0.1, 0.15) is 11.4 Å². The molecule has 1 fully saturated rings. The van der Waals surface area contributed by atoms with Crippen LogP contribution in [-0.4, -0.2) is 48.0 Å². The lowest BCUT2D eigenvalue weighted by molar-refractivity contribution is 0.534. The summed E-state index contributed by atoms with van der Waals surface area (Å²) in [5.74, 6) is 0. The molecular formula is C11H25B2N3. The lowest BCUT2D eigenvalue weighted by Gasteiger charge is -2.11. The number of nitrogens with zero attached hydrogens (tertiary/aromatic N) is 1. The summed E-state index contributed by atoms with van der Waals surface area (Å²) < 4.78 is 0. The zero-order chi connectivity index (χ0) is 10.2. The first kappa shape index (κ1) is 17.6. The Morgan fingerprint density at radius 1 is 0.875 bits per heavy atom. The molecule has 16 heavy (non-hydrogen) atoms. The molecular weight excluding hydrogens is 196 g/mol. The molecule has 1 aliphatic heterocycles. The Morgan fingerprint density at radius 3 is 1.44 bits per heavy atom. The van der Waals surface area contributed by atoms with E-state index in [0.29, 0.717) is 0 Å². The number of nitrogens with one attached hydrogen (secondary N) is 2. The lowest BCUT2D eigenvalue weighted by Crippen LogP contribution is -2.39. The summed E-state index contributed by atoms with van der Waals surface area (Å²) in [6.07, 6.45) is 0. The Labute approximate surface area is 103 Å². The van der Waals surface area contributed by atoms with Crippen molar-refractivity contribution in [2.24, 2.45) is 0 Å². The lowest BCUT2D eigenvalue weighted by atomic mass is 10.3. The second kappa shape index (κ2) is 10.7. The monoisotopic (exact) mass is 221 g/mol. The first-order chi connectivity index (χ1) is 6.79. The van der Waals surface area contributed by atoms with Crippen LogP contribution >= 0.6 is 0 Å². The molecule has 0 unspecified atom stereocenters. The highest BCUT2D eigenvalue weighted by molar-refractivity contribution is 5.76. The van der Waals surface area contributed by atoms with Crippen LogP contribution in [0.2, 0.25) is 0 Å². The minimum Gasteiger partial charge on any atom is -0.314 e. The van der Waals surface area contributed by atoms with Crippen molar-refractivity contribution in [3.63, 3.8) is 0 Å². The summed E-state index contributed by atoms with van der Waals surface area (Å²) in [4.78, 5) is 4.17. The normalized spacial score (nSPS) is 13.6. The maximum atomic E-state index is 4.17. The van der Waals surface area contributed by atoms with E-state index in [-0.39, 0.29) is 16.8 Å². The molecule has 1 saturated heterocycles. The van der Waals surface area contributed by atoms with Gasteiger partial charge in [0.2, 0.25) is 0 Å². The molecule has 0 atom stereocenters. The van der Waals surface area contributed by atoms with Gasteiger partial charge in [-0.3, -0.25) is 4.98 Å². The Bertz CT molecular complexity index is 236. The molecule has 0 aliphatic carbocycles. The second-order valence-electron chi connectivity index (χ2n) is 3.42. The minimum absolute atomic E-state index is 0. The van der Waals surface area contributed by atoms with Gasteiger partial charge in [0.05, 0.1) is 16.8 Å². The Balaban J connectivity index is 0. The molecule has 0 radical (unpaired) electrons. The molecule has 1 aromatic rings. The molecule has 0 aromatic carbocycles. The van der Waals surface area contributed by atoms with Gasteiger partial charge in [0.25, 0.3) is 0 Å². The number of pyridine rings is 1. The third-order valence-electron chi connectivity index (χ3n) is 1.98. The standard InChI is InChI=1S/C7H9N.C4H10N2.2BH3/c1-6-4-3-5-7(2)8-6;1-2-6-4-3-5-1;;/h3-5H,1-2H3;5-6H,1-4H2;2*1H3. The molecule has 0 bridgehead atoms. The number of rotatable bonds is 0. The number of aryl methyl sites for hydroxylation is 2. The Kier molecular flexibility index (Phi) is 11.8. The van der Waals surface area contributed by atoms with Crippen LogP contribution in [0.15, 0.2) is 18.2 Å². The van der Waals surface area contributed by atoms with Crippen LogP contribution in [-0.2, 0) is 0 Å². The molecule has 90 valence electrons. The van der Waals surface area contributed by atoms with Crippen LogP contribution in [0.5, 0.6) is 0 Å². The van der Waals surface area contributed by atoms with E-state index in [2.05, 4.69) is 15.6 Å². The second-order valence-corrected chi connectivity index (χ2v) is 3.42. The van der Waals surface area contributed by atoms with Gasteiger partial charge in [-0.1, -0.05) is 6.07 Å². The maximum Gasteiger partial charge on any atom is 0.0814 e. The van der Waals surface area contributed by atoms with Crippen LogP contribution in [0.3, 0.4) is 0 Å². The molecule has 2 heterocycles. The summed E-state index contributed by atoms with van der Waals surface area (Å²) in [7, 11) is 0. The van der Waals surface area contributed by atoms with Gasteiger partial charge >= 0.3 is 0 Å². The van der Waals surface area contributed by atoms with Crippen molar-refractivity contribution in [1.82, 2.24) is 15.6 Å². The molecule has 1 aromatic heterocycles. The van der Waals surface area contributed by atoms with Crippen molar-refractivity contribution in [3.8, 4) is 0 Å². The fourth-order valence-corrected chi connectivity index (χ4v) is 1.28. The summed E-state index contributed by atoms with van der Waals surface area (Å²) in [6.45, 7) is 8.54. The van der Waals surface area contributed by atoms with Crippen LogP contribution in [0, 0.1) is 13.8 Å². The number of aromatic nitrogens is 1. The smallest absolute Gasteiger partial charge is 0.0814 e. The van der Waals surface area contributed by atoms with Crippen molar-refractivity contribution in [3.05, 3.63) is 29.6 Å². The highest BCUT2D eigenvalue weighted by Gasteiger charge is 1.91. The number of hydrogen-bond acceptors (Lipinski definition) is 3. The predicted molar refractivity (Wildman–Crippen MR) is 79.3 cm³/mol. The van der Waals surface area contributed by atoms with E-state index in [1.807, 2.05) is 32.0 Å². The minimum atomic E-state index is 0. The molecule has 0 spiro atoms. The Morgan fingerprint density at radius 2 is 1.25 bits per heavy atom. The largest absolute Gasteiger partial charge is 0.314 e. The van der Waals surface area contributed by atoms with Gasteiger partial charge in [-0.15, -0.1) is 0 Å². The maximum absolute atomic E-state index is 4.17. The summed E-state index contributed by atoms with van der Waals surface area (Å²) in [5, 5.41) is 6.44. The molecule has 5 heteroatoms.